The van der Waals surface area contributed by atoms with E-state index >= 15 is 0 Å². The molecular weight excluding hydrogens is 250 g/mol. The summed E-state index contributed by atoms with van der Waals surface area (Å²) >= 11 is 0. The van der Waals surface area contributed by atoms with Crippen LogP contribution >= 0.6 is 0 Å². The van der Waals surface area contributed by atoms with Gasteiger partial charge in [-0.05, 0) is 6.92 Å². The average Bonchev–Trinajstić information content (AvgIpc) is 2.33. The first-order chi connectivity index (χ1) is 8.48. The molecule has 1 saturated heterocycles. The number of benzene rings is 1. The predicted molar refractivity (Wildman–Crippen MR) is 70.5 cm³/mol. The SMILES string of the molecule is CC1CS(=O)(=O)CCN1CC(=O)c1ccccc1. The Kier molecular flexibility index (Phi) is 3.82. The minimum Gasteiger partial charge on any atom is -0.293 e. The third kappa shape index (κ3) is 3.17. The number of nitrogens with zero attached hydrogens (tertiary/aromatic N) is 1. The average molecular weight is 267 g/mol. The molecule has 0 aliphatic carbocycles. The van der Waals surface area contributed by atoms with Gasteiger partial charge in [0.1, 0.15) is 0 Å². The van der Waals surface area contributed by atoms with E-state index in [2.05, 4.69) is 0 Å². The molecule has 1 heterocycles. The van der Waals surface area contributed by atoms with E-state index in [4.69, 9.17) is 0 Å². The molecule has 0 N–H and O–H groups in total. The van der Waals surface area contributed by atoms with Gasteiger partial charge in [0.15, 0.2) is 15.6 Å². The van der Waals surface area contributed by atoms with Crippen molar-refractivity contribution in [2.24, 2.45) is 0 Å². The molecule has 0 radical (unpaired) electrons. The first-order valence-electron chi connectivity index (χ1n) is 6.01. The van der Waals surface area contributed by atoms with Crippen molar-refractivity contribution in [2.75, 3.05) is 24.6 Å². The van der Waals surface area contributed by atoms with Crippen LogP contribution in [0.15, 0.2) is 30.3 Å². The zero-order valence-corrected chi connectivity index (χ0v) is 11.2. The first kappa shape index (κ1) is 13.2. The second kappa shape index (κ2) is 5.20. The van der Waals surface area contributed by atoms with Crippen molar-refractivity contribution in [2.45, 2.75) is 13.0 Å². The van der Waals surface area contributed by atoms with Crippen LogP contribution in [0.2, 0.25) is 0 Å². The van der Waals surface area contributed by atoms with Crippen molar-refractivity contribution in [1.29, 1.82) is 0 Å². The molecule has 1 aromatic carbocycles. The number of Topliss-reactive ketones (excluding diaryl/α,β-unsaturated/α-hetero) is 1. The Morgan fingerprint density at radius 1 is 1.33 bits per heavy atom. The highest BCUT2D eigenvalue weighted by molar-refractivity contribution is 7.91. The number of carbonyl (C=O) groups excluding carboxylic acids is 1. The van der Waals surface area contributed by atoms with Crippen LogP contribution in [0.4, 0.5) is 0 Å². The summed E-state index contributed by atoms with van der Waals surface area (Å²) in [6, 6.07) is 9.01. The molecule has 0 bridgehead atoms. The second-order valence-corrected chi connectivity index (χ2v) is 6.95. The van der Waals surface area contributed by atoms with Crippen LogP contribution in [-0.2, 0) is 9.84 Å². The summed E-state index contributed by atoms with van der Waals surface area (Å²) in [5, 5.41) is 0. The van der Waals surface area contributed by atoms with Crippen LogP contribution in [0.25, 0.3) is 0 Å². The van der Waals surface area contributed by atoms with Gasteiger partial charge in [0, 0.05) is 18.2 Å². The number of sulfone groups is 1. The lowest BCUT2D eigenvalue weighted by Crippen LogP contribution is -2.48. The lowest BCUT2D eigenvalue weighted by molar-refractivity contribution is 0.0908. The van der Waals surface area contributed by atoms with Crippen molar-refractivity contribution < 1.29 is 13.2 Å². The topological polar surface area (TPSA) is 54.5 Å². The molecule has 1 fully saturated rings. The molecule has 98 valence electrons. The summed E-state index contributed by atoms with van der Waals surface area (Å²) in [4.78, 5) is 14.0. The fourth-order valence-corrected chi connectivity index (χ4v) is 3.79. The summed E-state index contributed by atoms with van der Waals surface area (Å²) < 4.78 is 22.9. The molecule has 5 heteroatoms. The van der Waals surface area contributed by atoms with Crippen LogP contribution in [0, 0.1) is 0 Å². The lowest BCUT2D eigenvalue weighted by Gasteiger charge is -2.32. The van der Waals surface area contributed by atoms with Gasteiger partial charge in [0.25, 0.3) is 0 Å². The van der Waals surface area contributed by atoms with Gasteiger partial charge in [-0.1, -0.05) is 30.3 Å². The van der Waals surface area contributed by atoms with Gasteiger partial charge in [0.2, 0.25) is 0 Å². The molecule has 1 unspecified atom stereocenters. The Hall–Kier alpha value is -1.20. The quantitative estimate of drug-likeness (QED) is 0.766. The van der Waals surface area contributed by atoms with Crippen molar-refractivity contribution >= 4 is 15.6 Å². The van der Waals surface area contributed by atoms with Gasteiger partial charge in [-0.2, -0.15) is 0 Å². The minimum absolute atomic E-state index is 0.0433. The second-order valence-electron chi connectivity index (χ2n) is 4.72. The predicted octanol–water partition coefficient (Wildman–Crippen LogP) is 0.988. The molecule has 0 spiro atoms. The Bertz CT molecular complexity index is 524. The van der Waals surface area contributed by atoms with E-state index in [1.54, 1.807) is 12.1 Å². The molecule has 18 heavy (non-hydrogen) atoms. The smallest absolute Gasteiger partial charge is 0.176 e. The summed E-state index contributed by atoms with van der Waals surface area (Å²) in [6.07, 6.45) is 0. The Labute approximate surface area is 108 Å². The Morgan fingerprint density at radius 3 is 2.61 bits per heavy atom. The van der Waals surface area contributed by atoms with Crippen LogP contribution < -0.4 is 0 Å². The third-order valence-corrected chi connectivity index (χ3v) is 5.05. The molecule has 0 aromatic heterocycles. The van der Waals surface area contributed by atoms with E-state index < -0.39 is 9.84 Å². The molecule has 1 aliphatic heterocycles. The molecule has 2 rings (SSSR count). The number of hydrogen-bond donors (Lipinski definition) is 0. The van der Waals surface area contributed by atoms with E-state index in [0.717, 1.165) is 0 Å². The van der Waals surface area contributed by atoms with Gasteiger partial charge >= 0.3 is 0 Å². The highest BCUT2D eigenvalue weighted by Crippen LogP contribution is 2.12. The van der Waals surface area contributed by atoms with E-state index in [-0.39, 0.29) is 23.3 Å². The summed E-state index contributed by atoms with van der Waals surface area (Å²) in [7, 11) is -2.92. The highest BCUT2D eigenvalue weighted by atomic mass is 32.2. The number of hydrogen-bond acceptors (Lipinski definition) is 4. The third-order valence-electron chi connectivity index (χ3n) is 3.25. The van der Waals surface area contributed by atoms with Crippen LogP contribution in [0.1, 0.15) is 17.3 Å². The normalized spacial score (nSPS) is 23.7. The van der Waals surface area contributed by atoms with Crippen molar-refractivity contribution in [3.8, 4) is 0 Å². The molecule has 1 aliphatic rings. The zero-order valence-electron chi connectivity index (χ0n) is 10.4. The standard InChI is InChI=1S/C13H17NO3S/c1-11-10-18(16,17)8-7-14(11)9-13(15)12-5-3-2-4-6-12/h2-6,11H,7-10H2,1H3. The molecule has 4 nitrogen and oxygen atoms in total. The molecule has 1 aromatic rings. The van der Waals surface area contributed by atoms with Crippen molar-refractivity contribution in [1.82, 2.24) is 4.90 Å². The van der Waals surface area contributed by atoms with E-state index in [1.165, 1.54) is 0 Å². The lowest BCUT2D eigenvalue weighted by atomic mass is 10.1. The fraction of sp³-hybridized carbons (Fsp3) is 0.462. The van der Waals surface area contributed by atoms with Gasteiger partial charge in [0.05, 0.1) is 18.1 Å². The summed E-state index contributed by atoms with van der Waals surface area (Å²) in [5.41, 5.74) is 0.679. The van der Waals surface area contributed by atoms with E-state index in [0.29, 0.717) is 18.7 Å². The maximum absolute atomic E-state index is 12.0. The maximum atomic E-state index is 12.0. The summed E-state index contributed by atoms with van der Waals surface area (Å²) in [5.74, 6) is 0.343. The maximum Gasteiger partial charge on any atom is 0.176 e. The molecular formula is C13H17NO3S. The number of rotatable bonds is 3. The van der Waals surface area contributed by atoms with E-state index in [9.17, 15) is 13.2 Å². The summed E-state index contributed by atoms with van der Waals surface area (Å²) in [6.45, 7) is 2.59. The van der Waals surface area contributed by atoms with Crippen LogP contribution in [-0.4, -0.2) is 49.7 Å². The monoisotopic (exact) mass is 267 g/mol. The highest BCUT2D eigenvalue weighted by Gasteiger charge is 2.29. The largest absolute Gasteiger partial charge is 0.293 e. The number of carbonyl (C=O) groups is 1. The molecule has 1 atom stereocenters. The Balaban J connectivity index is 2.01. The van der Waals surface area contributed by atoms with Gasteiger partial charge in [-0.15, -0.1) is 0 Å². The van der Waals surface area contributed by atoms with Crippen LogP contribution in [0.3, 0.4) is 0 Å². The van der Waals surface area contributed by atoms with Gasteiger partial charge < -0.3 is 0 Å². The zero-order chi connectivity index (χ0) is 13.2. The van der Waals surface area contributed by atoms with Gasteiger partial charge in [-0.3, -0.25) is 9.69 Å². The molecule has 0 amide bonds. The van der Waals surface area contributed by atoms with Crippen molar-refractivity contribution in [3.05, 3.63) is 35.9 Å². The molecule has 0 saturated carbocycles. The minimum atomic E-state index is -2.92. The van der Waals surface area contributed by atoms with Gasteiger partial charge in [-0.25, -0.2) is 8.42 Å². The van der Waals surface area contributed by atoms with E-state index in [1.807, 2.05) is 30.0 Å². The number of ketones is 1. The fourth-order valence-electron chi connectivity index (χ4n) is 2.17. The Morgan fingerprint density at radius 2 is 2.00 bits per heavy atom. The first-order valence-corrected chi connectivity index (χ1v) is 7.83. The van der Waals surface area contributed by atoms with Crippen LogP contribution in [0.5, 0.6) is 0 Å². The van der Waals surface area contributed by atoms with Crippen molar-refractivity contribution in [3.63, 3.8) is 0 Å².